The number of imidazole rings is 1. The Morgan fingerprint density at radius 1 is 1.35 bits per heavy atom. The Hall–Kier alpha value is -1.03. The van der Waals surface area contributed by atoms with Crippen molar-refractivity contribution in [2.75, 3.05) is 11.9 Å². The van der Waals surface area contributed by atoms with E-state index in [1.54, 1.807) is 0 Å². The number of hydrogen-bond donors (Lipinski definition) is 1. The zero-order valence-electron chi connectivity index (χ0n) is 13.4. The fourth-order valence-electron chi connectivity index (χ4n) is 3.06. The molecule has 1 heterocycles. The molecule has 0 aromatic carbocycles. The number of nitrogens with zero attached hydrogens (tertiary/aromatic N) is 2. The highest BCUT2D eigenvalue weighted by molar-refractivity contribution is 5.30. The van der Waals surface area contributed by atoms with Crippen LogP contribution in [0.1, 0.15) is 58.6 Å². The lowest BCUT2D eigenvalue weighted by Gasteiger charge is -2.28. The highest BCUT2D eigenvalue weighted by Gasteiger charge is 2.22. The number of nitrogens with one attached hydrogen (secondary N) is 1. The molecule has 1 aliphatic rings. The van der Waals surface area contributed by atoms with E-state index in [2.05, 4.69) is 41.8 Å². The monoisotopic (exact) mass is 279 g/mol. The standard InChI is InChI=1S/C16H29N3O/c1-5-20-16(3,4)12-19-11-13(2)17-15(19)18-14-9-7-6-8-10-14/h11,14H,5-10,12H2,1-4H3,(H,17,18). The smallest absolute Gasteiger partial charge is 0.203 e. The predicted octanol–water partition coefficient (Wildman–Crippen LogP) is 3.75. The van der Waals surface area contributed by atoms with Gasteiger partial charge in [0.15, 0.2) is 0 Å². The fraction of sp³-hybridized carbons (Fsp3) is 0.812. The van der Waals surface area contributed by atoms with Crippen LogP contribution in [0.2, 0.25) is 0 Å². The molecule has 0 unspecified atom stereocenters. The van der Waals surface area contributed by atoms with Gasteiger partial charge in [-0.1, -0.05) is 19.3 Å². The van der Waals surface area contributed by atoms with Gasteiger partial charge >= 0.3 is 0 Å². The van der Waals surface area contributed by atoms with E-state index >= 15 is 0 Å². The third-order valence-corrected chi connectivity index (χ3v) is 3.92. The molecule has 1 aromatic rings. The van der Waals surface area contributed by atoms with Gasteiger partial charge in [0.2, 0.25) is 5.95 Å². The van der Waals surface area contributed by atoms with Gasteiger partial charge in [0.05, 0.1) is 17.8 Å². The largest absolute Gasteiger partial charge is 0.374 e. The molecule has 4 heteroatoms. The quantitative estimate of drug-likeness (QED) is 0.862. The van der Waals surface area contributed by atoms with Crippen LogP contribution in [-0.4, -0.2) is 27.8 Å². The highest BCUT2D eigenvalue weighted by atomic mass is 16.5. The summed E-state index contributed by atoms with van der Waals surface area (Å²) in [4.78, 5) is 4.65. The van der Waals surface area contributed by atoms with Crippen LogP contribution in [-0.2, 0) is 11.3 Å². The summed E-state index contributed by atoms with van der Waals surface area (Å²) in [6.07, 6.45) is 8.69. The molecule has 20 heavy (non-hydrogen) atoms. The molecule has 1 N–H and O–H groups in total. The van der Waals surface area contributed by atoms with E-state index in [0.29, 0.717) is 6.04 Å². The number of anilines is 1. The molecule has 0 atom stereocenters. The van der Waals surface area contributed by atoms with Crippen molar-refractivity contribution in [1.82, 2.24) is 9.55 Å². The van der Waals surface area contributed by atoms with Crippen LogP contribution in [0.3, 0.4) is 0 Å². The van der Waals surface area contributed by atoms with Crippen molar-refractivity contribution in [3.63, 3.8) is 0 Å². The maximum absolute atomic E-state index is 5.81. The predicted molar refractivity (Wildman–Crippen MR) is 83.2 cm³/mol. The van der Waals surface area contributed by atoms with Gasteiger partial charge in [-0.15, -0.1) is 0 Å². The lowest BCUT2D eigenvalue weighted by molar-refractivity contribution is -0.0220. The molecule has 114 valence electrons. The molecular weight excluding hydrogens is 250 g/mol. The first-order chi connectivity index (χ1) is 9.50. The van der Waals surface area contributed by atoms with Crippen molar-refractivity contribution in [3.05, 3.63) is 11.9 Å². The molecule has 0 aliphatic heterocycles. The first-order valence-corrected chi connectivity index (χ1v) is 7.94. The molecule has 1 fully saturated rings. The summed E-state index contributed by atoms with van der Waals surface area (Å²) in [6, 6.07) is 0.583. The van der Waals surface area contributed by atoms with Crippen molar-refractivity contribution in [2.45, 2.75) is 78.0 Å². The minimum Gasteiger partial charge on any atom is -0.374 e. The van der Waals surface area contributed by atoms with Crippen molar-refractivity contribution in [2.24, 2.45) is 0 Å². The molecule has 0 saturated heterocycles. The van der Waals surface area contributed by atoms with Crippen LogP contribution in [0.25, 0.3) is 0 Å². The SMILES string of the molecule is CCOC(C)(C)Cn1cc(C)nc1NC1CCCCC1. The van der Waals surface area contributed by atoms with E-state index in [9.17, 15) is 0 Å². The number of aryl methyl sites for hydroxylation is 1. The summed E-state index contributed by atoms with van der Waals surface area (Å²) in [5.74, 6) is 1.00. The Morgan fingerprint density at radius 3 is 2.70 bits per heavy atom. The van der Waals surface area contributed by atoms with E-state index in [-0.39, 0.29) is 5.60 Å². The number of aromatic nitrogens is 2. The van der Waals surface area contributed by atoms with E-state index < -0.39 is 0 Å². The number of rotatable bonds is 6. The van der Waals surface area contributed by atoms with Crippen LogP contribution in [0.15, 0.2) is 6.20 Å². The maximum atomic E-state index is 5.81. The summed E-state index contributed by atoms with van der Waals surface area (Å²) in [7, 11) is 0. The number of ether oxygens (including phenoxy) is 1. The normalized spacial score (nSPS) is 17.4. The average molecular weight is 279 g/mol. The van der Waals surface area contributed by atoms with Gasteiger partial charge in [0, 0.05) is 18.8 Å². The lowest BCUT2D eigenvalue weighted by Crippen LogP contribution is -2.32. The molecular formula is C16H29N3O. The Morgan fingerprint density at radius 2 is 2.05 bits per heavy atom. The second-order valence-electron chi connectivity index (χ2n) is 6.51. The first-order valence-electron chi connectivity index (χ1n) is 7.94. The molecule has 1 aliphatic carbocycles. The zero-order chi connectivity index (χ0) is 14.6. The average Bonchev–Trinajstić information content (AvgIpc) is 2.69. The topological polar surface area (TPSA) is 39.1 Å². The van der Waals surface area contributed by atoms with E-state index in [1.165, 1.54) is 32.1 Å². The van der Waals surface area contributed by atoms with E-state index in [1.807, 2.05) is 6.92 Å². The van der Waals surface area contributed by atoms with Gasteiger partial charge < -0.3 is 14.6 Å². The summed E-state index contributed by atoms with van der Waals surface area (Å²) < 4.78 is 8.02. The van der Waals surface area contributed by atoms with Crippen LogP contribution in [0.4, 0.5) is 5.95 Å². The van der Waals surface area contributed by atoms with Crippen LogP contribution < -0.4 is 5.32 Å². The van der Waals surface area contributed by atoms with E-state index in [4.69, 9.17) is 4.74 Å². The minimum absolute atomic E-state index is 0.162. The molecule has 0 amide bonds. The van der Waals surface area contributed by atoms with Gasteiger partial charge in [-0.2, -0.15) is 0 Å². The Balaban J connectivity index is 2.05. The zero-order valence-corrected chi connectivity index (χ0v) is 13.4. The van der Waals surface area contributed by atoms with E-state index in [0.717, 1.165) is 24.8 Å². The second-order valence-corrected chi connectivity index (χ2v) is 6.51. The van der Waals surface area contributed by atoms with Gasteiger partial charge in [0.25, 0.3) is 0 Å². The van der Waals surface area contributed by atoms with Gasteiger partial charge in [-0.05, 0) is 40.5 Å². The molecule has 0 bridgehead atoms. The summed E-state index contributed by atoms with van der Waals surface area (Å²) >= 11 is 0. The maximum Gasteiger partial charge on any atom is 0.203 e. The second kappa shape index (κ2) is 6.61. The third kappa shape index (κ3) is 4.23. The molecule has 2 rings (SSSR count). The summed E-state index contributed by atoms with van der Waals surface area (Å²) in [6.45, 7) is 9.94. The fourth-order valence-corrected chi connectivity index (χ4v) is 3.06. The van der Waals surface area contributed by atoms with Crippen molar-refractivity contribution >= 4 is 5.95 Å². The minimum atomic E-state index is -0.162. The highest BCUT2D eigenvalue weighted by Crippen LogP contribution is 2.23. The first kappa shape index (κ1) is 15.4. The van der Waals surface area contributed by atoms with Crippen LogP contribution in [0, 0.1) is 6.92 Å². The van der Waals surface area contributed by atoms with Gasteiger partial charge in [-0.25, -0.2) is 4.98 Å². The lowest BCUT2D eigenvalue weighted by atomic mass is 9.96. The molecule has 0 spiro atoms. The molecule has 1 saturated carbocycles. The molecule has 0 radical (unpaired) electrons. The number of hydrogen-bond acceptors (Lipinski definition) is 3. The van der Waals surface area contributed by atoms with Crippen molar-refractivity contribution < 1.29 is 4.74 Å². The Labute approximate surface area is 122 Å². The van der Waals surface area contributed by atoms with Gasteiger partial charge in [0.1, 0.15) is 0 Å². The summed E-state index contributed by atoms with van der Waals surface area (Å²) in [5, 5.41) is 3.63. The summed E-state index contributed by atoms with van der Waals surface area (Å²) in [5.41, 5.74) is 0.904. The Bertz CT molecular complexity index is 419. The van der Waals surface area contributed by atoms with Crippen LogP contribution >= 0.6 is 0 Å². The molecule has 1 aromatic heterocycles. The third-order valence-electron chi connectivity index (χ3n) is 3.92. The van der Waals surface area contributed by atoms with Gasteiger partial charge in [-0.3, -0.25) is 0 Å². The van der Waals surface area contributed by atoms with Crippen molar-refractivity contribution in [1.29, 1.82) is 0 Å². The molecule has 4 nitrogen and oxygen atoms in total. The van der Waals surface area contributed by atoms with Crippen molar-refractivity contribution in [3.8, 4) is 0 Å². The Kier molecular flexibility index (Phi) is 5.08. The van der Waals surface area contributed by atoms with Crippen LogP contribution in [0.5, 0.6) is 0 Å².